The maximum atomic E-state index is 12.2. The largest absolute Gasteiger partial charge is 0.319 e. The van der Waals surface area contributed by atoms with Crippen molar-refractivity contribution < 1.29 is 4.79 Å². The molecule has 1 heterocycles. The van der Waals surface area contributed by atoms with E-state index in [0.717, 1.165) is 10.0 Å². The molecule has 1 aromatic carbocycles. The molecule has 0 aliphatic carbocycles. The zero-order chi connectivity index (χ0) is 14.0. The predicted octanol–water partition coefficient (Wildman–Crippen LogP) is 4.71. The molecule has 0 aliphatic heterocycles. The smallest absolute Gasteiger partial charge is 0.256 e. The fourth-order valence-corrected chi connectivity index (χ4v) is 2.19. The Labute approximate surface area is 129 Å². The van der Waals surface area contributed by atoms with E-state index in [1.165, 1.54) is 0 Å². The first kappa shape index (κ1) is 14.3. The molecule has 2 rings (SSSR count). The van der Waals surface area contributed by atoms with Crippen molar-refractivity contribution in [3.8, 4) is 0 Å². The number of carbonyl (C=O) groups excluding carboxylic acids is 1. The molecule has 2 aromatic rings. The van der Waals surface area contributed by atoms with Crippen LogP contribution >= 0.6 is 39.1 Å². The molecule has 0 bridgehead atoms. The average molecular weight is 360 g/mol. The lowest BCUT2D eigenvalue weighted by molar-refractivity contribution is 0.102. The highest BCUT2D eigenvalue weighted by atomic mass is 79.9. The van der Waals surface area contributed by atoms with Crippen LogP contribution in [0, 0.1) is 6.92 Å². The van der Waals surface area contributed by atoms with Crippen LogP contribution in [0.2, 0.25) is 10.2 Å². The fraction of sp³-hybridized carbons (Fsp3) is 0.0769. The summed E-state index contributed by atoms with van der Waals surface area (Å²) in [5.74, 6) is -0.276. The van der Waals surface area contributed by atoms with Crippen LogP contribution in [0.15, 0.2) is 34.9 Å². The number of aromatic nitrogens is 1. The van der Waals surface area contributed by atoms with Gasteiger partial charge >= 0.3 is 0 Å². The van der Waals surface area contributed by atoms with Crippen LogP contribution in [-0.4, -0.2) is 10.9 Å². The molecule has 0 radical (unpaired) electrons. The molecule has 3 nitrogen and oxygen atoms in total. The maximum Gasteiger partial charge on any atom is 0.256 e. The van der Waals surface area contributed by atoms with E-state index >= 15 is 0 Å². The van der Waals surface area contributed by atoms with Crippen molar-refractivity contribution in [1.29, 1.82) is 0 Å². The number of amides is 1. The topological polar surface area (TPSA) is 42.0 Å². The third kappa shape index (κ3) is 3.47. The second kappa shape index (κ2) is 5.90. The lowest BCUT2D eigenvalue weighted by Crippen LogP contribution is -2.14. The normalized spacial score (nSPS) is 10.3. The van der Waals surface area contributed by atoms with Crippen LogP contribution in [0.5, 0.6) is 0 Å². The van der Waals surface area contributed by atoms with Gasteiger partial charge in [0.05, 0.1) is 5.69 Å². The summed E-state index contributed by atoms with van der Waals surface area (Å²) >= 11 is 15.1. The molecule has 1 amide bonds. The zero-order valence-corrected chi connectivity index (χ0v) is 13.0. The molecule has 0 fully saturated rings. The van der Waals surface area contributed by atoms with E-state index in [-0.39, 0.29) is 11.1 Å². The number of benzene rings is 1. The Hall–Kier alpha value is -1.10. The Bertz CT molecular complexity index is 647. The van der Waals surface area contributed by atoms with Crippen LogP contribution in [0.1, 0.15) is 15.9 Å². The number of anilines is 1. The Kier molecular flexibility index (Phi) is 4.45. The quantitative estimate of drug-likeness (QED) is 0.789. The summed E-state index contributed by atoms with van der Waals surface area (Å²) in [5, 5.41) is 3.45. The maximum absolute atomic E-state index is 12.2. The van der Waals surface area contributed by atoms with Crippen LogP contribution in [0.3, 0.4) is 0 Å². The highest BCUT2D eigenvalue weighted by molar-refractivity contribution is 9.10. The van der Waals surface area contributed by atoms with Gasteiger partial charge in [0.2, 0.25) is 0 Å². The lowest BCUT2D eigenvalue weighted by atomic mass is 10.1. The van der Waals surface area contributed by atoms with Gasteiger partial charge in [-0.3, -0.25) is 4.79 Å². The molecule has 6 heteroatoms. The number of pyridine rings is 1. The minimum Gasteiger partial charge on any atom is -0.319 e. The van der Waals surface area contributed by atoms with Crippen molar-refractivity contribution in [1.82, 2.24) is 4.98 Å². The number of carbonyl (C=O) groups is 1. The van der Waals surface area contributed by atoms with Crippen molar-refractivity contribution in [2.24, 2.45) is 0 Å². The first-order valence-corrected chi connectivity index (χ1v) is 6.91. The Balaban J connectivity index is 2.30. The summed E-state index contributed by atoms with van der Waals surface area (Å²) < 4.78 is 0.731. The summed E-state index contributed by atoms with van der Waals surface area (Å²) in [6.07, 6.45) is 1.56. The molecule has 0 saturated heterocycles. The predicted molar refractivity (Wildman–Crippen MR) is 81.1 cm³/mol. The molecule has 0 saturated carbocycles. The van der Waals surface area contributed by atoms with Crippen LogP contribution in [-0.2, 0) is 0 Å². The van der Waals surface area contributed by atoms with Crippen molar-refractivity contribution in [2.75, 3.05) is 5.32 Å². The summed E-state index contributed by atoms with van der Waals surface area (Å²) in [7, 11) is 0. The first-order valence-electron chi connectivity index (χ1n) is 5.36. The van der Waals surface area contributed by atoms with Crippen molar-refractivity contribution in [3.05, 3.63) is 56.2 Å². The standard InChI is InChI=1S/C13H9BrCl2N2O/c1-7-2-3-9(15)5-10(7)13(19)18-11-4-8(14)6-17-12(11)16/h2-6H,1H3,(H,18,19). The molecule has 19 heavy (non-hydrogen) atoms. The number of aryl methyl sites for hydroxylation is 1. The second-order valence-corrected chi connectivity index (χ2v) is 5.62. The highest BCUT2D eigenvalue weighted by Gasteiger charge is 2.12. The second-order valence-electron chi connectivity index (χ2n) is 3.91. The number of halogens is 3. The van der Waals surface area contributed by atoms with Gasteiger partial charge in [0.1, 0.15) is 0 Å². The molecule has 0 unspecified atom stereocenters. The van der Waals surface area contributed by atoms with Gasteiger partial charge in [0.15, 0.2) is 5.15 Å². The van der Waals surface area contributed by atoms with Crippen molar-refractivity contribution in [3.63, 3.8) is 0 Å². The fourth-order valence-electron chi connectivity index (χ4n) is 1.54. The van der Waals surface area contributed by atoms with E-state index in [1.807, 2.05) is 6.92 Å². The van der Waals surface area contributed by atoms with E-state index < -0.39 is 0 Å². The first-order chi connectivity index (χ1) is 8.97. The Morgan fingerprint density at radius 2 is 2.05 bits per heavy atom. The van der Waals surface area contributed by atoms with Crippen molar-refractivity contribution >= 4 is 50.7 Å². The van der Waals surface area contributed by atoms with Gasteiger partial charge in [-0.2, -0.15) is 0 Å². The lowest BCUT2D eigenvalue weighted by Gasteiger charge is -2.09. The number of hydrogen-bond donors (Lipinski definition) is 1. The minimum atomic E-state index is -0.276. The minimum absolute atomic E-state index is 0.233. The van der Waals surface area contributed by atoms with Gasteiger partial charge < -0.3 is 5.32 Å². The SMILES string of the molecule is Cc1ccc(Cl)cc1C(=O)Nc1cc(Br)cnc1Cl. The highest BCUT2D eigenvalue weighted by Crippen LogP contribution is 2.24. The summed E-state index contributed by atoms with van der Waals surface area (Å²) in [4.78, 5) is 16.1. The third-order valence-corrected chi connectivity index (χ3v) is 3.47. The van der Waals surface area contributed by atoms with Gasteiger partial charge in [-0.25, -0.2) is 4.98 Å². The zero-order valence-electron chi connectivity index (χ0n) is 9.88. The number of nitrogens with zero attached hydrogens (tertiary/aromatic N) is 1. The molecular weight excluding hydrogens is 351 g/mol. The number of hydrogen-bond acceptors (Lipinski definition) is 2. The number of nitrogens with one attached hydrogen (secondary N) is 1. The summed E-state index contributed by atoms with van der Waals surface area (Å²) in [6.45, 7) is 1.84. The van der Waals surface area contributed by atoms with Gasteiger partial charge in [-0.15, -0.1) is 0 Å². The van der Waals surface area contributed by atoms with Crippen LogP contribution < -0.4 is 5.32 Å². The van der Waals surface area contributed by atoms with Gasteiger partial charge in [0.25, 0.3) is 5.91 Å². The average Bonchev–Trinajstić information content (AvgIpc) is 2.36. The molecular formula is C13H9BrCl2N2O. The number of rotatable bonds is 2. The van der Waals surface area contributed by atoms with E-state index in [4.69, 9.17) is 23.2 Å². The van der Waals surface area contributed by atoms with E-state index in [2.05, 4.69) is 26.2 Å². The van der Waals surface area contributed by atoms with Crippen LogP contribution in [0.4, 0.5) is 5.69 Å². The van der Waals surface area contributed by atoms with Crippen LogP contribution in [0.25, 0.3) is 0 Å². The summed E-state index contributed by atoms with van der Waals surface area (Å²) in [5.41, 5.74) is 1.78. The molecule has 1 N–H and O–H groups in total. The molecule has 98 valence electrons. The van der Waals surface area contributed by atoms with Gasteiger partial charge in [-0.05, 0) is 46.6 Å². The summed E-state index contributed by atoms with van der Waals surface area (Å²) in [6, 6.07) is 6.83. The van der Waals surface area contributed by atoms with Crippen molar-refractivity contribution in [2.45, 2.75) is 6.92 Å². The monoisotopic (exact) mass is 358 g/mol. The molecule has 0 spiro atoms. The molecule has 0 aliphatic rings. The molecule has 0 atom stereocenters. The van der Waals surface area contributed by atoms with E-state index in [9.17, 15) is 4.79 Å². The van der Waals surface area contributed by atoms with Gasteiger partial charge in [0, 0.05) is 21.3 Å². The Morgan fingerprint density at radius 3 is 2.79 bits per heavy atom. The van der Waals surface area contributed by atoms with E-state index in [1.54, 1.807) is 30.5 Å². The Morgan fingerprint density at radius 1 is 1.32 bits per heavy atom. The molecule has 1 aromatic heterocycles. The van der Waals surface area contributed by atoms with Gasteiger partial charge in [-0.1, -0.05) is 29.3 Å². The third-order valence-electron chi connectivity index (χ3n) is 2.50. The van der Waals surface area contributed by atoms with E-state index in [0.29, 0.717) is 16.3 Å².